The molecule has 0 bridgehead atoms. The lowest BCUT2D eigenvalue weighted by molar-refractivity contribution is -0.387. The predicted octanol–water partition coefficient (Wildman–Crippen LogP) is 2.22. The van der Waals surface area contributed by atoms with E-state index in [0.29, 0.717) is 10.0 Å². The van der Waals surface area contributed by atoms with Gasteiger partial charge in [-0.25, -0.2) is 0 Å². The van der Waals surface area contributed by atoms with Gasteiger partial charge in [-0.1, -0.05) is 12.1 Å². The highest BCUT2D eigenvalue weighted by atomic mass is 79.9. The van der Waals surface area contributed by atoms with Gasteiger partial charge < -0.3 is 10.1 Å². The molecule has 118 valence electrons. The molecule has 2 rings (SSSR count). The van der Waals surface area contributed by atoms with Crippen LogP contribution in [0.1, 0.15) is 11.4 Å². The number of nitrogens with one attached hydrogen (secondary N) is 1. The Labute approximate surface area is 135 Å². The first-order valence-electron chi connectivity index (χ1n) is 5.89. The van der Waals surface area contributed by atoms with Gasteiger partial charge in [-0.3, -0.25) is 25.0 Å². The second-order valence-electron chi connectivity index (χ2n) is 4.18. The molecule has 11 heteroatoms. The van der Waals surface area contributed by atoms with E-state index in [1.807, 2.05) is 0 Å². The van der Waals surface area contributed by atoms with Crippen LogP contribution in [-0.2, 0) is 0 Å². The van der Waals surface area contributed by atoms with E-state index in [1.54, 1.807) is 6.07 Å². The Morgan fingerprint density at radius 1 is 1.22 bits per heavy atom. The molecule has 0 aliphatic rings. The smallest absolute Gasteiger partial charge is 0.395 e. The maximum atomic E-state index is 11.5. The number of hydrogen-bond donors (Lipinski definition) is 2. The lowest BCUT2D eigenvalue weighted by Gasteiger charge is -1.98. The number of aromatic nitrogens is 2. The van der Waals surface area contributed by atoms with Crippen LogP contribution in [0.2, 0.25) is 0 Å². The Hall–Kier alpha value is -3.08. The van der Waals surface area contributed by atoms with Gasteiger partial charge in [0.2, 0.25) is 0 Å². The molecule has 0 saturated carbocycles. The zero-order valence-electron chi connectivity index (χ0n) is 11.1. The lowest BCUT2D eigenvalue weighted by Crippen LogP contribution is -2.14. The number of aromatic hydroxyl groups is 1. The summed E-state index contributed by atoms with van der Waals surface area (Å²) < 4.78 is 0.305. The van der Waals surface area contributed by atoms with E-state index < -0.39 is 27.0 Å². The van der Waals surface area contributed by atoms with Gasteiger partial charge in [0.25, 0.3) is 11.6 Å². The quantitative estimate of drug-likeness (QED) is 0.606. The second kappa shape index (κ2) is 6.36. The standard InChI is InChI=1S/C12H7BrN4O6/c13-7-3-1-6(5-8(7)16(20)21)2-4-9-14-11(18)10(17(22)23)12(19)15-9/h1-5H,(H2,14,15,18,19)/b4-2+. The van der Waals surface area contributed by atoms with Gasteiger partial charge in [0.15, 0.2) is 0 Å². The SMILES string of the molecule is O=c1[nH]c(/C=C/c2ccc(Br)c([N+](=O)[O-])c2)nc(O)c1[N+](=O)[O-]. The van der Waals surface area contributed by atoms with Gasteiger partial charge in [-0.2, -0.15) is 4.98 Å². The summed E-state index contributed by atoms with van der Waals surface area (Å²) in [6.45, 7) is 0. The minimum Gasteiger partial charge on any atom is -0.488 e. The Bertz CT molecular complexity index is 892. The fraction of sp³-hybridized carbons (Fsp3) is 0. The molecular weight excluding hydrogens is 376 g/mol. The summed E-state index contributed by atoms with van der Waals surface area (Å²) in [4.78, 5) is 36.8. The van der Waals surface area contributed by atoms with Crippen LogP contribution in [0.5, 0.6) is 5.88 Å². The maximum Gasteiger partial charge on any atom is 0.395 e. The van der Waals surface area contributed by atoms with Crippen molar-refractivity contribution in [2.45, 2.75) is 0 Å². The molecule has 1 heterocycles. The number of aromatic amines is 1. The van der Waals surface area contributed by atoms with Crippen LogP contribution in [0.25, 0.3) is 12.2 Å². The zero-order valence-corrected chi connectivity index (χ0v) is 12.7. The first-order chi connectivity index (χ1) is 10.8. The Kier molecular flexibility index (Phi) is 4.50. The van der Waals surface area contributed by atoms with Gasteiger partial charge in [-0.05, 0) is 33.6 Å². The Balaban J connectivity index is 2.38. The third kappa shape index (κ3) is 3.58. The highest BCUT2D eigenvalue weighted by Gasteiger charge is 2.21. The Morgan fingerprint density at radius 3 is 2.48 bits per heavy atom. The van der Waals surface area contributed by atoms with Gasteiger partial charge in [0, 0.05) is 6.07 Å². The van der Waals surface area contributed by atoms with Crippen molar-refractivity contribution in [3.8, 4) is 5.88 Å². The van der Waals surface area contributed by atoms with Crippen molar-refractivity contribution in [2.24, 2.45) is 0 Å². The molecule has 0 aliphatic heterocycles. The molecule has 1 aromatic carbocycles. The molecule has 0 unspecified atom stereocenters. The van der Waals surface area contributed by atoms with Crippen LogP contribution in [-0.4, -0.2) is 24.9 Å². The molecule has 0 atom stereocenters. The number of H-pyrrole nitrogens is 1. The van der Waals surface area contributed by atoms with E-state index in [2.05, 4.69) is 25.9 Å². The fourth-order valence-corrected chi connectivity index (χ4v) is 2.06. The summed E-state index contributed by atoms with van der Waals surface area (Å²) in [6, 6.07) is 4.32. The summed E-state index contributed by atoms with van der Waals surface area (Å²) in [6.07, 6.45) is 2.64. The van der Waals surface area contributed by atoms with E-state index in [9.17, 15) is 30.1 Å². The van der Waals surface area contributed by atoms with E-state index in [1.165, 1.54) is 24.3 Å². The monoisotopic (exact) mass is 382 g/mol. The van der Waals surface area contributed by atoms with E-state index in [-0.39, 0.29) is 11.5 Å². The minimum atomic E-state index is -1.11. The maximum absolute atomic E-state index is 11.5. The molecule has 10 nitrogen and oxygen atoms in total. The molecule has 1 aromatic heterocycles. The third-order valence-corrected chi connectivity index (χ3v) is 3.35. The molecule has 0 saturated heterocycles. The molecule has 0 radical (unpaired) electrons. The number of halogens is 1. The average Bonchev–Trinajstić information content (AvgIpc) is 2.45. The summed E-state index contributed by atoms with van der Waals surface area (Å²) in [5.74, 6) is -1.15. The van der Waals surface area contributed by atoms with Gasteiger partial charge in [-0.15, -0.1) is 0 Å². The minimum absolute atomic E-state index is 0.135. The van der Waals surface area contributed by atoms with Crippen LogP contribution in [0.4, 0.5) is 11.4 Å². The third-order valence-electron chi connectivity index (χ3n) is 2.68. The highest BCUT2D eigenvalue weighted by Crippen LogP contribution is 2.26. The zero-order chi connectivity index (χ0) is 17.1. The van der Waals surface area contributed by atoms with Crippen LogP contribution in [0.15, 0.2) is 27.5 Å². The molecule has 23 heavy (non-hydrogen) atoms. The first-order valence-corrected chi connectivity index (χ1v) is 6.68. The van der Waals surface area contributed by atoms with Crippen LogP contribution in [0, 0.1) is 20.2 Å². The van der Waals surface area contributed by atoms with E-state index in [4.69, 9.17) is 0 Å². The number of nitro groups is 2. The molecular formula is C12H7BrN4O6. The number of benzene rings is 1. The molecule has 0 fully saturated rings. The second-order valence-corrected chi connectivity index (χ2v) is 5.04. The van der Waals surface area contributed by atoms with Gasteiger partial charge in [0.1, 0.15) is 5.82 Å². The van der Waals surface area contributed by atoms with Gasteiger partial charge >= 0.3 is 11.2 Å². The highest BCUT2D eigenvalue weighted by molar-refractivity contribution is 9.10. The molecule has 2 aromatic rings. The molecule has 0 aliphatic carbocycles. The molecule has 0 amide bonds. The van der Waals surface area contributed by atoms with Crippen molar-refractivity contribution >= 4 is 39.5 Å². The largest absolute Gasteiger partial charge is 0.488 e. The normalized spacial score (nSPS) is 10.8. The van der Waals surface area contributed by atoms with Crippen molar-refractivity contribution in [1.82, 2.24) is 9.97 Å². The fourth-order valence-electron chi connectivity index (χ4n) is 1.66. The van der Waals surface area contributed by atoms with E-state index in [0.717, 1.165) is 0 Å². The van der Waals surface area contributed by atoms with Crippen molar-refractivity contribution in [2.75, 3.05) is 0 Å². The molecule has 0 spiro atoms. The number of rotatable bonds is 4. The van der Waals surface area contributed by atoms with Crippen molar-refractivity contribution in [3.63, 3.8) is 0 Å². The summed E-state index contributed by atoms with van der Waals surface area (Å²) in [7, 11) is 0. The predicted molar refractivity (Wildman–Crippen MR) is 82.9 cm³/mol. The van der Waals surface area contributed by atoms with Crippen molar-refractivity contribution in [1.29, 1.82) is 0 Å². The van der Waals surface area contributed by atoms with Crippen LogP contribution < -0.4 is 5.56 Å². The van der Waals surface area contributed by atoms with Crippen LogP contribution in [0.3, 0.4) is 0 Å². The van der Waals surface area contributed by atoms with Crippen molar-refractivity contribution < 1.29 is 15.0 Å². The number of hydrogen-bond acceptors (Lipinski definition) is 7. The molecule has 2 N–H and O–H groups in total. The summed E-state index contributed by atoms with van der Waals surface area (Å²) in [5.41, 5.74) is -1.88. The first kappa shape index (κ1) is 16.3. The van der Waals surface area contributed by atoms with Crippen LogP contribution >= 0.6 is 15.9 Å². The topological polar surface area (TPSA) is 152 Å². The number of nitrogens with zero attached hydrogens (tertiary/aromatic N) is 3. The average molecular weight is 383 g/mol. The lowest BCUT2D eigenvalue weighted by atomic mass is 10.2. The van der Waals surface area contributed by atoms with Crippen molar-refractivity contribution in [3.05, 3.63) is 64.6 Å². The number of nitro benzene ring substituents is 1. The summed E-state index contributed by atoms with van der Waals surface area (Å²) >= 11 is 3.05. The van der Waals surface area contributed by atoms with Gasteiger partial charge in [0.05, 0.1) is 14.3 Å². The summed E-state index contributed by atoms with van der Waals surface area (Å²) in [5, 5.41) is 30.8. The van der Waals surface area contributed by atoms with E-state index >= 15 is 0 Å². The Morgan fingerprint density at radius 2 is 1.91 bits per heavy atom.